The Balaban J connectivity index is 0.000000284. The van der Waals surface area contributed by atoms with E-state index in [1.54, 1.807) is 12.4 Å². The third kappa shape index (κ3) is 8.57. The van der Waals surface area contributed by atoms with Gasteiger partial charge in [-0.1, -0.05) is 0 Å². The van der Waals surface area contributed by atoms with Crippen molar-refractivity contribution in [2.45, 2.75) is 31.2 Å². The average molecular weight is 322 g/mol. The number of carbonyl (C=O) groups is 2. The Hall–Kier alpha value is -2.41. The lowest BCUT2D eigenvalue weighted by atomic mass is 10.1. The number of aromatic nitrogens is 1. The van der Waals surface area contributed by atoms with Crippen LogP contribution in [-0.4, -0.2) is 46.3 Å². The van der Waals surface area contributed by atoms with E-state index in [-0.39, 0.29) is 0 Å². The number of carboxylic acids is 2. The lowest BCUT2D eigenvalue weighted by molar-refractivity contribution is -0.134. The summed E-state index contributed by atoms with van der Waals surface area (Å²) in [6.07, 6.45) is 9.58. The number of ether oxygens (including phenoxy) is 1. The molecule has 0 unspecified atom stereocenters. The Morgan fingerprint density at radius 2 is 2.00 bits per heavy atom. The monoisotopic (exact) mass is 322 g/mol. The van der Waals surface area contributed by atoms with E-state index in [0.29, 0.717) is 17.7 Å². The summed E-state index contributed by atoms with van der Waals surface area (Å²) >= 11 is 0. The number of pyridine rings is 1. The predicted octanol–water partition coefficient (Wildman–Crippen LogP) is 1.70. The molecule has 1 aromatic heterocycles. The number of hydrogen-bond acceptors (Lipinski definition) is 5. The van der Waals surface area contributed by atoms with E-state index in [4.69, 9.17) is 14.9 Å². The van der Waals surface area contributed by atoms with Gasteiger partial charge in [0.2, 0.25) is 0 Å². The molecule has 23 heavy (non-hydrogen) atoms. The van der Waals surface area contributed by atoms with E-state index in [1.165, 1.54) is 19.3 Å². The molecule has 0 spiro atoms. The second kappa shape index (κ2) is 9.58. The van der Waals surface area contributed by atoms with E-state index in [0.717, 1.165) is 18.8 Å². The van der Waals surface area contributed by atoms with Crippen LogP contribution in [-0.2, 0) is 9.59 Å². The van der Waals surface area contributed by atoms with Crippen LogP contribution in [0.5, 0.6) is 5.75 Å². The zero-order valence-electron chi connectivity index (χ0n) is 13.1. The van der Waals surface area contributed by atoms with Crippen molar-refractivity contribution < 1.29 is 24.5 Å². The van der Waals surface area contributed by atoms with Crippen LogP contribution in [0.2, 0.25) is 0 Å². The highest BCUT2D eigenvalue weighted by molar-refractivity contribution is 5.89. The Morgan fingerprint density at radius 1 is 1.35 bits per heavy atom. The van der Waals surface area contributed by atoms with Gasteiger partial charge in [0.05, 0.1) is 12.8 Å². The van der Waals surface area contributed by atoms with Crippen LogP contribution in [0.15, 0.2) is 36.7 Å². The van der Waals surface area contributed by atoms with Gasteiger partial charge >= 0.3 is 11.9 Å². The van der Waals surface area contributed by atoms with Gasteiger partial charge in [-0.15, -0.1) is 0 Å². The molecule has 1 aromatic rings. The van der Waals surface area contributed by atoms with Gasteiger partial charge < -0.3 is 20.3 Å². The molecule has 0 atom stereocenters. The predicted molar refractivity (Wildman–Crippen MR) is 84.4 cm³/mol. The summed E-state index contributed by atoms with van der Waals surface area (Å²) in [5.41, 5.74) is 0.443. The molecule has 1 heterocycles. The number of carboxylic acid groups (broad SMARTS) is 2. The Bertz CT molecular complexity index is 511. The molecule has 0 bridgehead atoms. The summed E-state index contributed by atoms with van der Waals surface area (Å²) < 4.78 is 5.58. The van der Waals surface area contributed by atoms with Crippen LogP contribution < -0.4 is 10.1 Å². The van der Waals surface area contributed by atoms with E-state index in [2.05, 4.69) is 17.3 Å². The summed E-state index contributed by atoms with van der Waals surface area (Å²) in [6, 6.07) is 3.84. The van der Waals surface area contributed by atoms with Crippen LogP contribution in [0.25, 0.3) is 0 Å². The van der Waals surface area contributed by atoms with E-state index in [1.807, 2.05) is 12.1 Å². The number of rotatable bonds is 8. The van der Waals surface area contributed by atoms with Crippen molar-refractivity contribution in [3.05, 3.63) is 36.7 Å². The van der Waals surface area contributed by atoms with Gasteiger partial charge in [0.25, 0.3) is 0 Å². The van der Waals surface area contributed by atoms with Crippen molar-refractivity contribution in [1.82, 2.24) is 10.3 Å². The molecule has 1 saturated carbocycles. The molecule has 3 N–H and O–H groups in total. The molecule has 7 heteroatoms. The molecule has 126 valence electrons. The minimum absolute atomic E-state index is 0.443. The molecule has 0 aliphatic heterocycles. The maximum Gasteiger partial charge on any atom is 0.328 e. The highest BCUT2D eigenvalue weighted by Crippen LogP contribution is 2.38. The first-order valence-corrected chi connectivity index (χ1v) is 7.33. The standard InChI is InChI=1S/C12H18N2O.C4H4O4/c1-13-12(6-7-12)5-3-9-15-11-4-2-8-14-10-11;5-3(6)1-2-4(7)8/h2,4,8,10,13H,3,5-7,9H2,1H3;1-2H,(H,5,6)(H,7,8)/b;2-1+. The minimum Gasteiger partial charge on any atom is -0.492 e. The summed E-state index contributed by atoms with van der Waals surface area (Å²) in [7, 11) is 2.05. The molecule has 0 amide bonds. The summed E-state index contributed by atoms with van der Waals surface area (Å²) in [6.45, 7) is 0.787. The fourth-order valence-electron chi connectivity index (χ4n) is 1.95. The number of aliphatic carboxylic acids is 2. The summed E-state index contributed by atoms with van der Waals surface area (Å²) in [5, 5.41) is 19.0. The Labute approximate surface area is 135 Å². The first-order valence-electron chi connectivity index (χ1n) is 7.33. The number of nitrogens with one attached hydrogen (secondary N) is 1. The van der Waals surface area contributed by atoms with Gasteiger partial charge in [-0.2, -0.15) is 0 Å². The van der Waals surface area contributed by atoms with Crippen LogP contribution in [0, 0.1) is 0 Å². The summed E-state index contributed by atoms with van der Waals surface area (Å²) in [4.78, 5) is 23.1. The van der Waals surface area contributed by atoms with Crippen molar-refractivity contribution in [2.24, 2.45) is 0 Å². The van der Waals surface area contributed by atoms with Gasteiger partial charge in [0.1, 0.15) is 5.75 Å². The molecule has 1 fully saturated rings. The number of nitrogens with zero attached hydrogens (tertiary/aromatic N) is 1. The normalized spacial score (nSPS) is 14.7. The zero-order chi connectivity index (χ0) is 17.1. The third-order valence-corrected chi connectivity index (χ3v) is 3.46. The number of hydrogen-bond donors (Lipinski definition) is 3. The molecule has 0 aromatic carbocycles. The fraction of sp³-hybridized carbons (Fsp3) is 0.438. The van der Waals surface area contributed by atoms with Crippen molar-refractivity contribution in [3.63, 3.8) is 0 Å². The molecular weight excluding hydrogens is 300 g/mol. The minimum atomic E-state index is -1.26. The van der Waals surface area contributed by atoms with Gasteiger partial charge in [-0.3, -0.25) is 4.98 Å². The Morgan fingerprint density at radius 3 is 2.43 bits per heavy atom. The maximum atomic E-state index is 9.55. The molecule has 2 rings (SSSR count). The third-order valence-electron chi connectivity index (χ3n) is 3.46. The quantitative estimate of drug-likeness (QED) is 0.494. The van der Waals surface area contributed by atoms with Gasteiger partial charge in [-0.25, -0.2) is 9.59 Å². The van der Waals surface area contributed by atoms with Crippen molar-refractivity contribution in [3.8, 4) is 5.75 Å². The van der Waals surface area contributed by atoms with Gasteiger partial charge in [0.15, 0.2) is 0 Å². The lowest BCUT2D eigenvalue weighted by Gasteiger charge is -2.13. The van der Waals surface area contributed by atoms with Crippen LogP contribution in [0.1, 0.15) is 25.7 Å². The van der Waals surface area contributed by atoms with E-state index in [9.17, 15) is 9.59 Å². The van der Waals surface area contributed by atoms with E-state index >= 15 is 0 Å². The van der Waals surface area contributed by atoms with Gasteiger partial charge in [-0.05, 0) is 44.9 Å². The maximum absolute atomic E-state index is 9.55. The Kier molecular flexibility index (Phi) is 7.76. The van der Waals surface area contributed by atoms with Crippen LogP contribution >= 0.6 is 0 Å². The van der Waals surface area contributed by atoms with Gasteiger partial charge in [0, 0.05) is 23.9 Å². The molecular formula is C16H22N2O5. The lowest BCUT2D eigenvalue weighted by Crippen LogP contribution is -2.27. The van der Waals surface area contributed by atoms with Crippen LogP contribution in [0.3, 0.4) is 0 Å². The average Bonchev–Trinajstić information content (AvgIpc) is 3.32. The fourth-order valence-corrected chi connectivity index (χ4v) is 1.95. The summed E-state index contributed by atoms with van der Waals surface area (Å²) in [5.74, 6) is -1.65. The smallest absolute Gasteiger partial charge is 0.328 e. The second-order valence-electron chi connectivity index (χ2n) is 5.18. The van der Waals surface area contributed by atoms with E-state index < -0.39 is 11.9 Å². The highest BCUT2D eigenvalue weighted by Gasteiger charge is 2.39. The SMILES string of the molecule is CNC1(CCCOc2cccnc2)CC1.O=C(O)/C=C/C(=O)O. The first kappa shape index (κ1) is 18.6. The zero-order valence-corrected chi connectivity index (χ0v) is 13.1. The van der Waals surface area contributed by atoms with Crippen molar-refractivity contribution in [1.29, 1.82) is 0 Å². The molecule has 7 nitrogen and oxygen atoms in total. The van der Waals surface area contributed by atoms with Crippen molar-refractivity contribution >= 4 is 11.9 Å². The topological polar surface area (TPSA) is 109 Å². The second-order valence-corrected chi connectivity index (χ2v) is 5.18. The largest absolute Gasteiger partial charge is 0.492 e. The molecule has 0 radical (unpaired) electrons. The molecule has 1 aliphatic rings. The molecule has 1 aliphatic carbocycles. The first-order chi connectivity index (χ1) is 11.0. The molecule has 0 saturated heterocycles. The highest BCUT2D eigenvalue weighted by atomic mass is 16.5. The van der Waals surface area contributed by atoms with Crippen molar-refractivity contribution in [2.75, 3.05) is 13.7 Å². The van der Waals surface area contributed by atoms with Crippen LogP contribution in [0.4, 0.5) is 0 Å².